The number of allylic oxidation sites excluding steroid dienone is 2. The average Bonchev–Trinajstić information content (AvgIpc) is 0.835. The molecule has 0 radical (unpaired) electrons. The molecule has 0 aromatic heterocycles. The van der Waals surface area contributed by atoms with Gasteiger partial charge in [0.2, 0.25) is 6.29 Å². The minimum atomic E-state index is -2.20. The van der Waals surface area contributed by atoms with Gasteiger partial charge < -0.3 is 154 Å². The fourth-order valence-corrected chi connectivity index (χ4v) is 18.8. The van der Waals surface area contributed by atoms with Crippen molar-refractivity contribution in [2.24, 2.45) is 50.2 Å². The fourth-order valence-electron chi connectivity index (χ4n) is 18.8. The predicted molar refractivity (Wildman–Crippen MR) is 313 cm³/mol. The van der Waals surface area contributed by atoms with Gasteiger partial charge in [-0.15, -0.1) is 0 Å². The SMILES string of the molecule is CC1OC(OC2C(OC(=O)C34CCC(C)(C)CC3C3=CCC5C6(C)CC(O)C(OC7OC(CO)C(O)C(OC8OC(CO)C(O)C(O)C8O)C7O)C(C)(CO)C6CCC5(C)C3(C)CC4O)OCC(O)C2O)C(O)C(OC2OCC(O)(CO)C2O)C1OC1OCC(O)C(O)C1O. The van der Waals surface area contributed by atoms with Crippen molar-refractivity contribution in [3.8, 4) is 0 Å². The molecule has 5 aliphatic carbocycles. The highest BCUT2D eigenvalue weighted by atomic mass is 16.8. The third-order valence-corrected chi connectivity index (χ3v) is 24.7. The van der Waals surface area contributed by atoms with Crippen LogP contribution in [0.5, 0.6) is 0 Å². The Bertz CT molecular complexity index is 2700. The molecule has 0 aromatic carbocycles. The molecule has 0 bridgehead atoms. The highest BCUT2D eigenvalue weighted by Crippen LogP contribution is 2.76. The molecule has 32 heteroatoms. The Balaban J connectivity index is 0.838. The van der Waals surface area contributed by atoms with Crippen LogP contribution in [0.2, 0.25) is 0 Å². The molecule has 4 saturated carbocycles. The van der Waals surface area contributed by atoms with E-state index in [1.165, 1.54) is 6.92 Å². The molecule has 546 valence electrons. The number of ether oxygens (including phenoxy) is 12. The molecular formula is C63H102O32. The number of carbonyl (C=O) groups is 1. The summed E-state index contributed by atoms with van der Waals surface area (Å²) in [5.74, 6) is -2.18. The van der Waals surface area contributed by atoms with Gasteiger partial charge in [0, 0.05) is 5.41 Å². The van der Waals surface area contributed by atoms with Crippen molar-refractivity contribution in [2.75, 3.05) is 46.2 Å². The smallest absolute Gasteiger partial charge is 0.317 e. The van der Waals surface area contributed by atoms with Gasteiger partial charge in [-0.3, -0.25) is 4.79 Å². The first-order valence-electron chi connectivity index (χ1n) is 33.2. The second-order valence-electron chi connectivity index (χ2n) is 30.8. The largest absolute Gasteiger partial charge is 0.432 e. The summed E-state index contributed by atoms with van der Waals surface area (Å²) >= 11 is 0. The lowest BCUT2D eigenvalue weighted by atomic mass is 9.33. The Morgan fingerprint density at radius 2 is 1.12 bits per heavy atom. The van der Waals surface area contributed by atoms with Crippen molar-refractivity contribution in [1.82, 2.24) is 0 Å². The molecule has 32 nitrogen and oxygen atoms in total. The lowest BCUT2D eigenvalue weighted by molar-refractivity contribution is -0.381. The molecule has 37 atom stereocenters. The summed E-state index contributed by atoms with van der Waals surface area (Å²) in [4.78, 5) is 15.7. The number of hydrogen-bond acceptors (Lipinski definition) is 32. The quantitative estimate of drug-likeness (QED) is 0.0388. The first kappa shape index (κ1) is 74.2. The van der Waals surface area contributed by atoms with E-state index in [2.05, 4.69) is 40.7 Å². The van der Waals surface area contributed by atoms with Crippen LogP contribution in [0.25, 0.3) is 0 Å². The van der Waals surface area contributed by atoms with Crippen LogP contribution in [0.1, 0.15) is 99.8 Å². The van der Waals surface area contributed by atoms with E-state index in [0.717, 1.165) is 5.57 Å². The molecule has 10 fully saturated rings. The first-order chi connectivity index (χ1) is 44.5. The number of fused-ring (bicyclic) bond motifs is 7. The minimum Gasteiger partial charge on any atom is -0.432 e. The van der Waals surface area contributed by atoms with Gasteiger partial charge >= 0.3 is 5.97 Å². The number of aliphatic hydroxyl groups is 19. The van der Waals surface area contributed by atoms with Crippen molar-refractivity contribution in [3.05, 3.63) is 11.6 Å². The van der Waals surface area contributed by atoms with Crippen LogP contribution in [0.4, 0.5) is 0 Å². The van der Waals surface area contributed by atoms with Gasteiger partial charge in [-0.1, -0.05) is 53.2 Å². The van der Waals surface area contributed by atoms with E-state index >= 15 is 4.79 Å². The molecular weight excluding hydrogens is 1270 g/mol. The Morgan fingerprint density at radius 3 is 1.76 bits per heavy atom. The van der Waals surface area contributed by atoms with Gasteiger partial charge in [-0.2, -0.15) is 0 Å². The van der Waals surface area contributed by atoms with E-state index < -0.39 is 269 Å². The van der Waals surface area contributed by atoms with E-state index in [0.29, 0.717) is 32.1 Å². The molecule has 11 rings (SSSR count). The zero-order valence-electron chi connectivity index (χ0n) is 54.4. The Hall–Kier alpha value is -1.99. The lowest BCUT2D eigenvalue weighted by Gasteiger charge is -2.72. The molecule has 19 N–H and O–H groups in total. The Morgan fingerprint density at radius 1 is 0.537 bits per heavy atom. The Labute approximate surface area is 548 Å². The van der Waals surface area contributed by atoms with Crippen molar-refractivity contribution < 1.29 is 159 Å². The average molecular weight is 1370 g/mol. The van der Waals surface area contributed by atoms with Gasteiger partial charge in [0.05, 0.1) is 70.7 Å². The molecule has 95 heavy (non-hydrogen) atoms. The highest BCUT2D eigenvalue weighted by molar-refractivity contribution is 5.80. The van der Waals surface area contributed by atoms with Crippen LogP contribution in [0.15, 0.2) is 11.6 Å². The number of esters is 1. The number of carbonyl (C=O) groups excluding carboxylic acids is 1. The normalized spacial score (nSPS) is 55.5. The van der Waals surface area contributed by atoms with Crippen LogP contribution < -0.4 is 0 Å². The van der Waals surface area contributed by atoms with E-state index in [9.17, 15) is 97.0 Å². The zero-order chi connectivity index (χ0) is 69.4. The van der Waals surface area contributed by atoms with Crippen molar-refractivity contribution in [3.63, 3.8) is 0 Å². The fraction of sp³-hybridized carbons (Fsp3) is 0.952. The molecule has 6 heterocycles. The van der Waals surface area contributed by atoms with Crippen molar-refractivity contribution >= 4 is 5.97 Å². The predicted octanol–water partition coefficient (Wildman–Crippen LogP) is -6.53. The molecule has 6 saturated heterocycles. The monoisotopic (exact) mass is 1370 g/mol. The van der Waals surface area contributed by atoms with E-state index in [-0.39, 0.29) is 30.6 Å². The van der Waals surface area contributed by atoms with Crippen LogP contribution in [-0.2, 0) is 61.6 Å². The molecule has 0 spiro atoms. The lowest BCUT2D eigenvalue weighted by Crippen LogP contribution is -2.71. The van der Waals surface area contributed by atoms with Gasteiger partial charge in [-0.05, 0) is 97.7 Å². The van der Waals surface area contributed by atoms with Crippen LogP contribution in [0.3, 0.4) is 0 Å². The molecule has 6 aliphatic heterocycles. The van der Waals surface area contributed by atoms with Crippen LogP contribution in [0, 0.1) is 50.2 Å². The Kier molecular flexibility index (Phi) is 21.3. The van der Waals surface area contributed by atoms with Gasteiger partial charge in [0.15, 0.2) is 37.6 Å². The van der Waals surface area contributed by atoms with E-state index in [1.807, 2.05) is 0 Å². The summed E-state index contributed by atoms with van der Waals surface area (Å²) in [6.45, 7) is 8.92. The third kappa shape index (κ3) is 12.3. The number of aliphatic hydroxyl groups excluding tert-OH is 18. The first-order valence-corrected chi connectivity index (χ1v) is 33.2. The van der Waals surface area contributed by atoms with Crippen LogP contribution >= 0.6 is 0 Å². The zero-order valence-corrected chi connectivity index (χ0v) is 54.4. The van der Waals surface area contributed by atoms with Gasteiger partial charge in [0.25, 0.3) is 0 Å². The summed E-state index contributed by atoms with van der Waals surface area (Å²) in [6, 6.07) is 0. The maximum absolute atomic E-state index is 15.7. The van der Waals surface area contributed by atoms with Crippen molar-refractivity contribution in [2.45, 2.75) is 277 Å². The summed E-state index contributed by atoms with van der Waals surface area (Å²) in [6.07, 6.45) is -42.7. The molecule has 11 aliphatic rings. The topological polar surface area (TPSA) is 512 Å². The van der Waals surface area contributed by atoms with Crippen molar-refractivity contribution in [1.29, 1.82) is 0 Å². The molecule has 37 unspecified atom stereocenters. The summed E-state index contributed by atoms with van der Waals surface area (Å²) in [7, 11) is 0. The summed E-state index contributed by atoms with van der Waals surface area (Å²) < 4.78 is 71.5. The van der Waals surface area contributed by atoms with Gasteiger partial charge in [-0.25, -0.2) is 0 Å². The molecule has 0 amide bonds. The highest BCUT2D eigenvalue weighted by Gasteiger charge is 2.74. The maximum atomic E-state index is 15.7. The van der Waals surface area contributed by atoms with E-state index in [4.69, 9.17) is 56.8 Å². The van der Waals surface area contributed by atoms with E-state index in [1.54, 1.807) is 6.92 Å². The summed E-state index contributed by atoms with van der Waals surface area (Å²) in [5.41, 5.74) is -6.82. The standard InChI is InChI=1S/C63H102O32/c1-24-44(90-50-40(77)35(72)28(69)19-84-50)46(92-55-48(81)62(83,22-67)23-86-55)43(80)52(87-24)93-47-36(73)29(70)20-85-54(47)95-56(82)63-13-12-57(2,3)14-26(63)25-8-9-33-58(4)15-27(68)49(59(5,21-66)32(58)10-11-60(33,6)61(25,7)16-34(63)71)94-53-42(79)45(38(75)31(18-65)89-53)91-51-41(78)39(76)37(74)30(17-64)88-51/h8,24,26-55,64-81,83H,9-23H2,1-7H3. The second kappa shape index (κ2) is 27.3. The van der Waals surface area contributed by atoms with Gasteiger partial charge in [0.1, 0.15) is 115 Å². The summed E-state index contributed by atoms with van der Waals surface area (Å²) in [5, 5.41) is 210. The maximum Gasteiger partial charge on any atom is 0.317 e. The third-order valence-electron chi connectivity index (χ3n) is 24.7. The minimum absolute atomic E-state index is 0.0559. The van der Waals surface area contributed by atoms with Crippen LogP contribution in [-0.4, -0.2) is 327 Å². The second-order valence-corrected chi connectivity index (χ2v) is 30.8. The molecule has 0 aromatic rings. The number of hydrogen-bond donors (Lipinski definition) is 19. The number of rotatable bonds is 16.